The van der Waals surface area contributed by atoms with Gasteiger partial charge in [0.05, 0.1) is 16.8 Å². The van der Waals surface area contributed by atoms with Gasteiger partial charge in [-0.05, 0) is 68.2 Å². The molecular weight excluding hydrogens is 587 g/mol. The van der Waals surface area contributed by atoms with E-state index in [0.717, 1.165) is 16.7 Å². The summed E-state index contributed by atoms with van der Waals surface area (Å²) in [6.45, 7) is 6.13. The van der Waals surface area contributed by atoms with E-state index >= 15 is 0 Å². The Kier molecular flexibility index (Phi) is 10.4. The molecule has 12 heteroatoms. The molecule has 226 valence electrons. The Morgan fingerprint density at radius 2 is 1.74 bits per heavy atom. The fourth-order valence-corrected chi connectivity index (χ4v) is 6.36. The molecule has 2 amide bonds. The molecule has 43 heavy (non-hydrogen) atoms. The number of non-ortho nitro benzene ring substituents is 1. The van der Waals surface area contributed by atoms with Gasteiger partial charge in [0.2, 0.25) is 5.91 Å². The number of benzene rings is 3. The molecule has 0 saturated carbocycles. The highest BCUT2D eigenvalue weighted by Crippen LogP contribution is 2.40. The number of hydrogen-bond donors (Lipinski definition) is 4. The minimum Gasteiger partial charge on any atom is -0.381 e. The van der Waals surface area contributed by atoms with E-state index in [4.69, 9.17) is 12.2 Å². The molecule has 0 spiro atoms. The quantitative estimate of drug-likeness (QED) is 0.149. The number of thiocarbonyl (C=S) groups is 1. The first-order chi connectivity index (χ1) is 20.5. The molecule has 1 heterocycles. The summed E-state index contributed by atoms with van der Waals surface area (Å²) >= 11 is 6.96. The van der Waals surface area contributed by atoms with Gasteiger partial charge in [0.25, 0.3) is 11.6 Å². The Bertz CT molecular complexity index is 1470. The van der Waals surface area contributed by atoms with E-state index in [1.165, 1.54) is 40.9 Å². The Hall–Kier alpha value is -4.00. The normalized spacial score (nSPS) is 17.0. The zero-order valence-electron chi connectivity index (χ0n) is 24.2. The van der Waals surface area contributed by atoms with Crippen molar-refractivity contribution in [3.05, 3.63) is 106 Å². The molecule has 4 N–H and O–H groups in total. The first-order valence-corrected chi connectivity index (χ1v) is 15.2. The Balaban J connectivity index is 1.50. The minimum absolute atomic E-state index is 0.0590. The third kappa shape index (κ3) is 8.09. The summed E-state index contributed by atoms with van der Waals surface area (Å²) in [6.07, 6.45) is -1.26. The average Bonchev–Trinajstić information content (AvgIpc) is 3.31. The molecule has 1 aliphatic heterocycles. The predicted octanol–water partition coefficient (Wildman–Crippen LogP) is 4.16. The second kappa shape index (κ2) is 14.0. The number of carbonyl (C=O) groups is 2. The fraction of sp³-hybridized carbons (Fsp3) is 0.323. The van der Waals surface area contributed by atoms with Gasteiger partial charge in [-0.2, -0.15) is 0 Å². The van der Waals surface area contributed by atoms with Crippen molar-refractivity contribution in [3.63, 3.8) is 0 Å². The topological polar surface area (TPSA) is 137 Å². The summed E-state index contributed by atoms with van der Waals surface area (Å²) in [5, 5.41) is 31.6. The van der Waals surface area contributed by atoms with E-state index in [2.05, 4.69) is 16.0 Å². The largest absolute Gasteiger partial charge is 0.381 e. The summed E-state index contributed by atoms with van der Waals surface area (Å²) in [4.78, 5) is 39.3. The number of nitro benzene ring substituents is 1. The van der Waals surface area contributed by atoms with Gasteiger partial charge >= 0.3 is 0 Å². The maximum atomic E-state index is 13.9. The molecule has 1 fully saturated rings. The van der Waals surface area contributed by atoms with Crippen molar-refractivity contribution >= 4 is 52.3 Å². The van der Waals surface area contributed by atoms with E-state index < -0.39 is 33.8 Å². The second-order valence-electron chi connectivity index (χ2n) is 10.9. The van der Waals surface area contributed by atoms with Crippen LogP contribution < -0.4 is 16.0 Å². The summed E-state index contributed by atoms with van der Waals surface area (Å²) in [5.74, 6) is -0.628. The van der Waals surface area contributed by atoms with Crippen LogP contribution in [0.1, 0.15) is 30.5 Å². The van der Waals surface area contributed by atoms with Crippen LogP contribution in [-0.4, -0.2) is 60.7 Å². The van der Waals surface area contributed by atoms with Crippen LogP contribution in [0.3, 0.4) is 0 Å². The monoisotopic (exact) mass is 621 g/mol. The van der Waals surface area contributed by atoms with Gasteiger partial charge in [0.1, 0.15) is 6.04 Å². The van der Waals surface area contributed by atoms with Crippen LogP contribution in [0.2, 0.25) is 0 Å². The summed E-state index contributed by atoms with van der Waals surface area (Å²) < 4.78 is -0.583. The lowest BCUT2D eigenvalue weighted by molar-refractivity contribution is -0.384. The number of aryl methyl sites for hydroxylation is 1. The number of rotatable bonds is 10. The average molecular weight is 622 g/mol. The molecule has 0 aromatic heterocycles. The Morgan fingerprint density at radius 1 is 1.09 bits per heavy atom. The smallest absolute Gasteiger partial charge is 0.269 e. The van der Waals surface area contributed by atoms with E-state index in [1.54, 1.807) is 0 Å². The Labute approximate surface area is 260 Å². The highest BCUT2D eigenvalue weighted by atomic mass is 32.2. The van der Waals surface area contributed by atoms with Gasteiger partial charge in [-0.1, -0.05) is 54.6 Å². The predicted molar refractivity (Wildman–Crippen MR) is 173 cm³/mol. The third-order valence-corrected chi connectivity index (χ3v) is 8.97. The Morgan fingerprint density at radius 3 is 2.40 bits per heavy atom. The van der Waals surface area contributed by atoms with Crippen LogP contribution in [-0.2, 0) is 22.6 Å². The van der Waals surface area contributed by atoms with Crippen LogP contribution >= 0.6 is 24.0 Å². The molecule has 3 aromatic carbocycles. The lowest BCUT2D eigenvalue weighted by Crippen LogP contribution is -2.59. The first-order valence-electron chi connectivity index (χ1n) is 13.8. The number of nitro groups is 1. The van der Waals surface area contributed by atoms with E-state index in [1.807, 2.05) is 75.4 Å². The summed E-state index contributed by atoms with van der Waals surface area (Å²) in [5.41, 5.74) is 3.35. The van der Waals surface area contributed by atoms with Crippen molar-refractivity contribution < 1.29 is 19.6 Å². The number of thioether (sulfide) groups is 1. The molecule has 3 atom stereocenters. The molecule has 4 rings (SSSR count). The van der Waals surface area contributed by atoms with Gasteiger partial charge in [-0.25, -0.2) is 0 Å². The van der Waals surface area contributed by atoms with E-state index in [0.29, 0.717) is 12.2 Å². The van der Waals surface area contributed by atoms with Crippen LogP contribution in [0.5, 0.6) is 0 Å². The molecule has 10 nitrogen and oxygen atoms in total. The summed E-state index contributed by atoms with van der Waals surface area (Å²) in [6, 6.07) is 21.2. The van der Waals surface area contributed by atoms with Crippen molar-refractivity contribution in [1.82, 2.24) is 15.5 Å². The molecule has 1 aliphatic rings. The number of amides is 2. The molecule has 0 bridgehead atoms. The molecule has 3 aromatic rings. The highest BCUT2D eigenvalue weighted by Gasteiger charge is 2.49. The molecule has 0 radical (unpaired) electrons. The van der Waals surface area contributed by atoms with Crippen molar-refractivity contribution in [2.45, 2.75) is 56.7 Å². The molecule has 0 aliphatic carbocycles. The van der Waals surface area contributed by atoms with Crippen molar-refractivity contribution in [3.8, 4) is 0 Å². The van der Waals surface area contributed by atoms with Gasteiger partial charge in [0, 0.05) is 29.1 Å². The van der Waals surface area contributed by atoms with Crippen molar-refractivity contribution in [2.24, 2.45) is 0 Å². The number of aliphatic hydroxyl groups excluding tert-OH is 1. The van der Waals surface area contributed by atoms with E-state index in [-0.39, 0.29) is 29.0 Å². The molecular formula is C31H35N5O5S2. The van der Waals surface area contributed by atoms with Gasteiger partial charge in [-0.3, -0.25) is 19.7 Å². The second-order valence-corrected chi connectivity index (χ2v) is 12.9. The fourth-order valence-electron chi connectivity index (χ4n) is 4.95. The number of aliphatic hydroxyl groups is 1. The minimum atomic E-state index is -1.53. The maximum Gasteiger partial charge on any atom is 0.269 e. The zero-order chi connectivity index (χ0) is 31.1. The van der Waals surface area contributed by atoms with Gasteiger partial charge < -0.3 is 26.0 Å². The highest BCUT2D eigenvalue weighted by molar-refractivity contribution is 8.00. The number of nitrogens with zero attached hydrogens (tertiary/aromatic N) is 2. The van der Waals surface area contributed by atoms with Crippen LogP contribution in [0, 0.1) is 17.0 Å². The lowest BCUT2D eigenvalue weighted by atomic mass is 9.97. The van der Waals surface area contributed by atoms with Crippen molar-refractivity contribution in [1.29, 1.82) is 0 Å². The van der Waals surface area contributed by atoms with Gasteiger partial charge in [0.15, 0.2) is 11.2 Å². The standard InChI is InChI=1S/C31H35N5O5S2/c1-20-9-7-8-12-22(20)18-32-28(38)27-31(2,3)43-19-35(27)29(39)26(37)25(17-21-10-5-4-6-11-21)34-30(42)33-23-13-15-24(16-14-23)36(40)41/h4-16,25-27,37H,17-19H2,1-3H3,(H,32,38)(H2,33,34,42)/t25-,26-,27+/m0/s1. The van der Waals surface area contributed by atoms with E-state index in [9.17, 15) is 24.8 Å². The van der Waals surface area contributed by atoms with Gasteiger partial charge in [-0.15, -0.1) is 11.8 Å². The number of hydrogen-bond acceptors (Lipinski definition) is 7. The van der Waals surface area contributed by atoms with Crippen LogP contribution in [0.4, 0.5) is 11.4 Å². The number of carbonyl (C=O) groups excluding carboxylic acids is 2. The zero-order valence-corrected chi connectivity index (χ0v) is 25.8. The number of anilines is 1. The van der Waals surface area contributed by atoms with Crippen LogP contribution in [0.25, 0.3) is 0 Å². The molecule has 1 saturated heterocycles. The SMILES string of the molecule is Cc1ccccc1CNC(=O)[C@H]1N(C(=O)[C@@H](O)[C@H](Cc2ccccc2)NC(=S)Nc2ccc([N+](=O)[O-])cc2)CSC1(C)C. The maximum absolute atomic E-state index is 13.9. The van der Waals surface area contributed by atoms with Crippen molar-refractivity contribution in [2.75, 3.05) is 11.2 Å². The molecule has 0 unspecified atom stereocenters. The number of nitrogens with one attached hydrogen (secondary N) is 3. The first kappa shape index (κ1) is 31.9. The third-order valence-electron chi connectivity index (χ3n) is 7.38. The summed E-state index contributed by atoms with van der Waals surface area (Å²) in [7, 11) is 0. The lowest BCUT2D eigenvalue weighted by Gasteiger charge is -2.33. The van der Waals surface area contributed by atoms with Crippen LogP contribution in [0.15, 0.2) is 78.9 Å².